The van der Waals surface area contributed by atoms with E-state index in [1.165, 1.54) is 47.1 Å². The highest BCUT2D eigenvalue weighted by Crippen LogP contribution is 2.45. The number of carbonyl (C=O) groups is 5. The number of nitrogens with one attached hydrogen (secondary N) is 3. The van der Waals surface area contributed by atoms with Gasteiger partial charge in [-0.3, -0.25) is 39.3 Å². The first kappa shape index (κ1) is 54.9. The Labute approximate surface area is 428 Å². The number of hydrogen-bond acceptors (Lipinski definition) is 14. The van der Waals surface area contributed by atoms with Crippen LogP contribution in [0.5, 0.6) is 17.2 Å². The van der Waals surface area contributed by atoms with Gasteiger partial charge in [-0.05, 0) is 78.7 Å². The van der Waals surface area contributed by atoms with Crippen molar-refractivity contribution in [3.63, 3.8) is 0 Å². The van der Waals surface area contributed by atoms with Gasteiger partial charge in [-0.1, -0.05) is 17.3 Å². The van der Waals surface area contributed by atoms with Crippen LogP contribution in [0.4, 0.5) is 45.2 Å². The lowest BCUT2D eigenvalue weighted by Gasteiger charge is -2.27. The van der Waals surface area contributed by atoms with Gasteiger partial charge < -0.3 is 34.1 Å². The Kier molecular flexibility index (Phi) is 16.3. The van der Waals surface area contributed by atoms with Gasteiger partial charge in [0.25, 0.3) is 11.8 Å². The molecule has 19 nitrogen and oxygen atoms in total. The molecule has 5 amide bonds. The fourth-order valence-corrected chi connectivity index (χ4v) is 8.01. The molecule has 1 atom stereocenters. The Morgan fingerprint density at radius 3 is 2.09 bits per heavy atom. The summed E-state index contributed by atoms with van der Waals surface area (Å²) in [5.41, 5.74) is -6.45. The fourth-order valence-electron chi connectivity index (χ4n) is 8.01. The largest absolute Gasteiger partial charge is 0.507 e. The number of halogens is 9. The van der Waals surface area contributed by atoms with Gasteiger partial charge in [0, 0.05) is 28.8 Å². The van der Waals surface area contributed by atoms with E-state index in [9.17, 15) is 68.6 Å². The number of amides is 5. The molecule has 0 saturated carbocycles. The Bertz CT molecular complexity index is 3150. The number of piperidine rings is 1. The monoisotopic (exact) mass is 1090 g/mol. The van der Waals surface area contributed by atoms with E-state index in [-0.39, 0.29) is 99.0 Å². The van der Waals surface area contributed by atoms with Gasteiger partial charge in [0.05, 0.1) is 73.7 Å². The third-order valence-corrected chi connectivity index (χ3v) is 11.7. The zero-order valence-corrected chi connectivity index (χ0v) is 39.6. The van der Waals surface area contributed by atoms with Crippen LogP contribution in [0.2, 0.25) is 0 Å². The number of alkyl halides is 9. The molecule has 4 aromatic carbocycles. The standard InChI is InChI=1S/C49H41F9N8O11/c50-47(51,52)28-18-27(19-29(20-28)48(53,54)55)41-26(4-9-33(43(41)69)35-21-38(63-62-35)49(56,57)58)23-76-32-7-5-30(6-8-32)59-40(68)25-75-17-16-74-15-14-73-13-12-65-22-31(61-64-65)24-77-37-3-1-2-34-42(37)46(72)66(45(34)71)36-10-11-39(67)60-44(36)70/h1-9,18-22,36,69H,10-17,23-25H2,(H,59,68)(H,62,63)(H,60,67,70). The predicted octanol–water partition coefficient (Wildman–Crippen LogP) is 7.34. The topological polar surface area (TPSA) is 238 Å². The molecule has 77 heavy (non-hydrogen) atoms. The molecular formula is C49H41F9N8O11. The molecule has 2 aromatic heterocycles. The number of aromatic hydroxyl groups is 1. The van der Waals surface area contributed by atoms with E-state index in [4.69, 9.17) is 23.7 Å². The van der Waals surface area contributed by atoms with Gasteiger partial charge in [0.15, 0.2) is 0 Å². The Balaban J connectivity index is 0.747. The third kappa shape index (κ3) is 13.2. The summed E-state index contributed by atoms with van der Waals surface area (Å²) in [6.07, 6.45) is -13.8. The highest BCUT2D eigenvalue weighted by atomic mass is 19.4. The van der Waals surface area contributed by atoms with Crippen LogP contribution in [0.15, 0.2) is 85.1 Å². The van der Waals surface area contributed by atoms with Crippen molar-refractivity contribution >= 4 is 35.2 Å². The molecule has 2 aliphatic rings. The maximum Gasteiger partial charge on any atom is 0.432 e. The van der Waals surface area contributed by atoms with E-state index in [2.05, 4.69) is 26.0 Å². The first-order chi connectivity index (χ1) is 36.5. The molecule has 8 rings (SSSR count). The average Bonchev–Trinajstić information content (AvgIpc) is 4.16. The molecule has 28 heteroatoms. The number of ether oxygens (including phenoxy) is 5. The second kappa shape index (κ2) is 22.8. The molecule has 4 N–H and O–H groups in total. The number of phenolic OH excluding ortho intramolecular Hbond substituents is 1. The van der Waals surface area contributed by atoms with Crippen LogP contribution >= 0.6 is 0 Å². The quantitative estimate of drug-likeness (QED) is 0.0313. The minimum absolute atomic E-state index is 0.000815. The maximum absolute atomic E-state index is 13.9. The van der Waals surface area contributed by atoms with Crippen molar-refractivity contribution in [1.29, 1.82) is 0 Å². The van der Waals surface area contributed by atoms with Crippen LogP contribution in [0, 0.1) is 0 Å². The lowest BCUT2D eigenvalue weighted by Crippen LogP contribution is -2.54. The molecule has 406 valence electrons. The average molecular weight is 1090 g/mol. The zero-order chi connectivity index (χ0) is 55.2. The summed E-state index contributed by atoms with van der Waals surface area (Å²) in [6, 6.07) is 12.3. The fraction of sp³-hybridized carbons (Fsp3) is 0.306. The first-order valence-corrected chi connectivity index (χ1v) is 22.9. The van der Waals surface area contributed by atoms with Gasteiger partial charge in [0.1, 0.15) is 54.5 Å². The van der Waals surface area contributed by atoms with E-state index >= 15 is 0 Å². The number of phenols is 1. The van der Waals surface area contributed by atoms with Gasteiger partial charge in [-0.25, -0.2) is 4.68 Å². The summed E-state index contributed by atoms with van der Waals surface area (Å²) in [6.45, 7) is 0.0948. The number of H-pyrrole nitrogens is 1. The minimum Gasteiger partial charge on any atom is -0.507 e. The van der Waals surface area contributed by atoms with Crippen molar-refractivity contribution in [2.24, 2.45) is 0 Å². The molecular weight excluding hydrogens is 1050 g/mol. The number of nitrogens with zero attached hydrogens (tertiary/aromatic N) is 5. The summed E-state index contributed by atoms with van der Waals surface area (Å²) in [5.74, 6) is -3.89. The summed E-state index contributed by atoms with van der Waals surface area (Å²) < 4.78 is 153. The summed E-state index contributed by atoms with van der Waals surface area (Å²) in [5, 5.41) is 29.4. The molecule has 0 radical (unpaired) electrons. The van der Waals surface area contributed by atoms with E-state index in [1.807, 2.05) is 0 Å². The third-order valence-electron chi connectivity index (χ3n) is 11.7. The molecule has 0 spiro atoms. The molecule has 0 bridgehead atoms. The van der Waals surface area contributed by atoms with Crippen LogP contribution in [0.25, 0.3) is 22.4 Å². The van der Waals surface area contributed by atoms with Crippen molar-refractivity contribution in [3.8, 4) is 39.6 Å². The number of imide groups is 2. The maximum atomic E-state index is 13.9. The molecule has 0 aliphatic carbocycles. The van der Waals surface area contributed by atoms with Crippen molar-refractivity contribution in [1.82, 2.24) is 35.4 Å². The van der Waals surface area contributed by atoms with Gasteiger partial charge >= 0.3 is 18.5 Å². The number of fused-ring (bicyclic) bond motifs is 1. The van der Waals surface area contributed by atoms with Crippen LogP contribution in [-0.4, -0.2) is 110 Å². The van der Waals surface area contributed by atoms with Gasteiger partial charge in [-0.15, -0.1) is 5.10 Å². The van der Waals surface area contributed by atoms with Crippen LogP contribution in [-0.2, 0) is 66.9 Å². The Morgan fingerprint density at radius 1 is 0.740 bits per heavy atom. The molecule has 1 saturated heterocycles. The summed E-state index contributed by atoms with van der Waals surface area (Å²) in [7, 11) is 0. The number of carbonyl (C=O) groups excluding carboxylic acids is 5. The zero-order valence-electron chi connectivity index (χ0n) is 39.6. The summed E-state index contributed by atoms with van der Waals surface area (Å²) >= 11 is 0. The smallest absolute Gasteiger partial charge is 0.432 e. The molecule has 1 unspecified atom stereocenters. The normalized spacial score (nSPS) is 15.0. The van der Waals surface area contributed by atoms with E-state index in [0.717, 1.165) is 17.0 Å². The Morgan fingerprint density at radius 2 is 1.43 bits per heavy atom. The van der Waals surface area contributed by atoms with Crippen LogP contribution in [0.1, 0.15) is 61.6 Å². The van der Waals surface area contributed by atoms with Crippen LogP contribution < -0.4 is 20.1 Å². The molecule has 1 fully saturated rings. The van der Waals surface area contributed by atoms with Crippen molar-refractivity contribution < 1.29 is 92.3 Å². The highest BCUT2D eigenvalue weighted by Gasteiger charge is 2.46. The number of aromatic nitrogens is 5. The lowest BCUT2D eigenvalue weighted by atomic mass is 9.92. The lowest BCUT2D eigenvalue weighted by molar-refractivity contribution is -0.143. The van der Waals surface area contributed by atoms with Crippen LogP contribution in [0.3, 0.4) is 0 Å². The van der Waals surface area contributed by atoms with Gasteiger partial charge in [-0.2, -0.15) is 44.6 Å². The number of hydrogen-bond donors (Lipinski definition) is 4. The molecule has 2 aliphatic heterocycles. The number of aromatic amines is 1. The SMILES string of the molecule is O=C1CCC(N2C(=O)c3cccc(OCc4cn(CCOCCOCCOCC(=O)Nc5ccc(OCc6ccc(-c7cc(C(F)(F)F)[nH]n7)c(O)c6-c6cc(C(F)(F)F)cc(C(F)(F)F)c6)cc5)nn4)c3C2=O)C(=O)N1. The first-order valence-electron chi connectivity index (χ1n) is 22.9. The highest BCUT2D eigenvalue weighted by molar-refractivity contribution is 6.24. The Hall–Kier alpha value is -8.37. The van der Waals surface area contributed by atoms with E-state index in [0.29, 0.717) is 30.4 Å². The number of rotatable bonds is 21. The number of benzene rings is 4. The summed E-state index contributed by atoms with van der Waals surface area (Å²) in [4.78, 5) is 63.7. The van der Waals surface area contributed by atoms with E-state index < -0.39 is 106 Å². The van der Waals surface area contributed by atoms with Crippen molar-refractivity contribution in [2.45, 2.75) is 57.2 Å². The molecule has 6 aromatic rings. The second-order valence-corrected chi connectivity index (χ2v) is 17.0. The number of anilines is 1. The second-order valence-electron chi connectivity index (χ2n) is 17.0. The minimum atomic E-state index is -5.27. The molecule has 4 heterocycles. The van der Waals surface area contributed by atoms with Crippen molar-refractivity contribution in [2.75, 3.05) is 45.0 Å². The van der Waals surface area contributed by atoms with E-state index in [1.54, 1.807) is 11.3 Å². The predicted molar refractivity (Wildman–Crippen MR) is 245 cm³/mol. The van der Waals surface area contributed by atoms with Gasteiger partial charge in [0.2, 0.25) is 17.7 Å². The van der Waals surface area contributed by atoms with Crippen molar-refractivity contribution in [3.05, 3.63) is 124 Å².